The molecule has 0 saturated carbocycles. The average Bonchev–Trinajstić information content (AvgIpc) is 3.35. The summed E-state index contributed by atoms with van der Waals surface area (Å²) >= 11 is 0. The van der Waals surface area contributed by atoms with Crippen molar-refractivity contribution in [3.63, 3.8) is 0 Å². The van der Waals surface area contributed by atoms with Gasteiger partial charge in [-0.05, 0) is 12.8 Å². The van der Waals surface area contributed by atoms with E-state index >= 15 is 0 Å². The molecule has 0 saturated heterocycles. The molecule has 0 aliphatic carbocycles. The minimum Gasteiger partial charge on any atom is -0.434 e. The van der Waals surface area contributed by atoms with Gasteiger partial charge < -0.3 is 34.7 Å². The molecule has 0 fully saturated rings. The largest absolute Gasteiger partial charge is 0.511 e. The lowest BCUT2D eigenvalue weighted by molar-refractivity contribution is -0.123. The van der Waals surface area contributed by atoms with Crippen LogP contribution in [0.5, 0.6) is 0 Å². The molecular formula is C27H47N5O8. The zero-order valence-corrected chi connectivity index (χ0v) is 24.0. The lowest BCUT2D eigenvalue weighted by Crippen LogP contribution is -2.41. The van der Waals surface area contributed by atoms with Gasteiger partial charge in [-0.1, -0.05) is 78.1 Å². The Balaban J connectivity index is 1.77. The van der Waals surface area contributed by atoms with Crippen LogP contribution in [0.1, 0.15) is 97.3 Å². The molecule has 13 nitrogen and oxygen atoms in total. The number of hydrogen-bond donors (Lipinski definition) is 3. The Morgan fingerprint density at radius 3 is 2.00 bits per heavy atom. The highest BCUT2D eigenvalue weighted by atomic mass is 16.8. The number of carbonyl (C=O) groups excluding carboxylic acids is 2. The first kappa shape index (κ1) is 33.0. The molecule has 1 unspecified atom stereocenters. The maximum Gasteiger partial charge on any atom is 0.511 e. The van der Waals surface area contributed by atoms with E-state index in [1.165, 1.54) is 37.0 Å². The van der Waals surface area contributed by atoms with E-state index in [9.17, 15) is 14.4 Å². The van der Waals surface area contributed by atoms with Gasteiger partial charge in [0.05, 0.1) is 33.1 Å². The van der Waals surface area contributed by atoms with Crippen molar-refractivity contribution in [2.75, 3.05) is 49.0 Å². The van der Waals surface area contributed by atoms with Crippen LogP contribution in [0.25, 0.3) is 0 Å². The summed E-state index contributed by atoms with van der Waals surface area (Å²) in [6.07, 6.45) is 10.3. The number of aromatic nitrogens is 2. The van der Waals surface area contributed by atoms with Crippen molar-refractivity contribution in [1.29, 1.82) is 0 Å². The fraction of sp³-hybridized carbons (Fsp3) is 0.778. The molecule has 228 valence electrons. The molecule has 1 aromatic heterocycles. The highest BCUT2D eigenvalue weighted by molar-refractivity contribution is 5.71. The van der Waals surface area contributed by atoms with Gasteiger partial charge in [0.25, 0.3) is 12.0 Å². The van der Waals surface area contributed by atoms with Crippen LogP contribution < -0.4 is 21.5 Å². The first-order valence-corrected chi connectivity index (χ1v) is 14.6. The number of aromatic amines is 1. The second-order valence-corrected chi connectivity index (χ2v) is 9.68. The van der Waals surface area contributed by atoms with Gasteiger partial charge in [-0.3, -0.25) is 14.7 Å². The Labute approximate surface area is 236 Å². The Morgan fingerprint density at radius 1 is 0.825 bits per heavy atom. The number of nitrogens with zero attached hydrogens (tertiary/aromatic N) is 2. The zero-order chi connectivity index (χ0) is 29.0. The topological polar surface area (TPSA) is 167 Å². The fourth-order valence-corrected chi connectivity index (χ4v) is 4.08. The van der Waals surface area contributed by atoms with Gasteiger partial charge in [0.15, 0.2) is 5.82 Å². The molecule has 0 radical (unpaired) electrons. The molecule has 1 aliphatic heterocycles. The number of nitrogens with two attached hydrogens (primary N) is 1. The molecule has 2 heterocycles. The van der Waals surface area contributed by atoms with E-state index in [0.717, 1.165) is 44.9 Å². The molecule has 4 N–H and O–H groups in total. The predicted molar refractivity (Wildman–Crippen MR) is 151 cm³/mol. The van der Waals surface area contributed by atoms with Crippen LogP contribution in [-0.4, -0.2) is 61.8 Å². The summed E-state index contributed by atoms with van der Waals surface area (Å²) in [6, 6.07) is 0. The van der Waals surface area contributed by atoms with Crippen molar-refractivity contribution >= 4 is 29.8 Å². The smallest absolute Gasteiger partial charge is 0.434 e. The number of nitrogens with one attached hydrogen (secondary N) is 2. The van der Waals surface area contributed by atoms with E-state index in [1.54, 1.807) is 0 Å². The summed E-state index contributed by atoms with van der Waals surface area (Å²) in [5.74, 6) is 0.0965. The van der Waals surface area contributed by atoms with Crippen molar-refractivity contribution in [2.24, 2.45) is 0 Å². The summed E-state index contributed by atoms with van der Waals surface area (Å²) in [6.45, 7) is 5.10. The predicted octanol–water partition coefficient (Wildman–Crippen LogP) is 5.26. The van der Waals surface area contributed by atoms with E-state index in [4.69, 9.17) is 29.4 Å². The van der Waals surface area contributed by atoms with E-state index in [2.05, 4.69) is 29.1 Å². The van der Waals surface area contributed by atoms with Crippen LogP contribution in [0.4, 0.5) is 27.0 Å². The normalized spacial score (nSPS) is 12.9. The van der Waals surface area contributed by atoms with Crippen molar-refractivity contribution in [2.45, 2.75) is 104 Å². The molecule has 0 aromatic carbocycles. The summed E-state index contributed by atoms with van der Waals surface area (Å²) in [5, 5.41) is 2.90. The maximum absolute atomic E-state index is 12.4. The van der Waals surface area contributed by atoms with Crippen LogP contribution in [0, 0.1) is 0 Å². The number of ether oxygens (including phenoxy) is 5. The highest BCUT2D eigenvalue weighted by Crippen LogP contribution is 2.28. The van der Waals surface area contributed by atoms with E-state index in [-0.39, 0.29) is 43.9 Å². The molecular weight excluding hydrogens is 522 g/mol. The lowest BCUT2D eigenvalue weighted by atomic mass is 10.1. The number of anilines is 3. The zero-order valence-electron chi connectivity index (χ0n) is 24.0. The maximum atomic E-state index is 12.4. The number of rotatable bonds is 21. The lowest BCUT2D eigenvalue weighted by Gasteiger charge is -2.27. The van der Waals surface area contributed by atoms with Gasteiger partial charge in [-0.2, -0.15) is 4.98 Å². The van der Waals surface area contributed by atoms with Crippen molar-refractivity contribution in [1.82, 2.24) is 9.97 Å². The number of fused-ring (bicyclic) bond motifs is 1. The second kappa shape index (κ2) is 19.8. The molecule has 0 spiro atoms. The monoisotopic (exact) mass is 569 g/mol. The van der Waals surface area contributed by atoms with Crippen molar-refractivity contribution in [3.8, 4) is 0 Å². The third kappa shape index (κ3) is 12.8. The standard InChI is InChI=1S/C27H47N5O8/c1-3-5-7-9-11-13-16-37-26(34)38-19-15-18-36-25(40-27(35)39-17-14-12-10-8-6-4-2)32-20-29-21-22(32)30-24(28)31-23(21)33/h25,29H,3-20H2,1-2H3,(H3,28,30,31,33). The van der Waals surface area contributed by atoms with Gasteiger partial charge in [-0.15, -0.1) is 0 Å². The minimum atomic E-state index is -1.25. The molecule has 1 atom stereocenters. The molecule has 0 amide bonds. The third-order valence-electron chi connectivity index (χ3n) is 6.27. The highest BCUT2D eigenvalue weighted by Gasteiger charge is 2.33. The third-order valence-corrected chi connectivity index (χ3v) is 6.27. The summed E-state index contributed by atoms with van der Waals surface area (Å²) in [4.78, 5) is 44.4. The minimum absolute atomic E-state index is 0.0598. The van der Waals surface area contributed by atoms with Gasteiger partial charge in [0.1, 0.15) is 5.69 Å². The van der Waals surface area contributed by atoms with E-state index in [1.807, 2.05) is 0 Å². The Bertz CT molecular complexity index is 929. The van der Waals surface area contributed by atoms with Gasteiger partial charge >= 0.3 is 12.3 Å². The number of carbonyl (C=O) groups is 2. The SMILES string of the molecule is CCCCCCCCOC(=O)OCCCOC(OC(=O)OCCCCCCCC)N1CNc2c1nc(N)[nH]c2=O. The van der Waals surface area contributed by atoms with Crippen LogP contribution in [0.15, 0.2) is 4.79 Å². The van der Waals surface area contributed by atoms with Gasteiger partial charge in [-0.25, -0.2) is 9.59 Å². The molecule has 13 heteroatoms. The average molecular weight is 570 g/mol. The number of H-pyrrole nitrogens is 1. The molecule has 2 rings (SSSR count). The van der Waals surface area contributed by atoms with Crippen LogP contribution in [0.3, 0.4) is 0 Å². The number of nitrogen functional groups attached to an aromatic ring is 1. The Morgan fingerprint density at radius 2 is 1.38 bits per heavy atom. The van der Waals surface area contributed by atoms with E-state index < -0.39 is 24.3 Å². The number of hydrogen-bond acceptors (Lipinski definition) is 12. The van der Waals surface area contributed by atoms with Crippen LogP contribution in [-0.2, 0) is 23.7 Å². The van der Waals surface area contributed by atoms with E-state index in [0.29, 0.717) is 13.0 Å². The quantitative estimate of drug-likeness (QED) is 0.0999. The fourth-order valence-electron chi connectivity index (χ4n) is 4.08. The first-order valence-electron chi connectivity index (χ1n) is 14.6. The molecule has 40 heavy (non-hydrogen) atoms. The van der Waals surface area contributed by atoms with Crippen molar-refractivity contribution in [3.05, 3.63) is 10.4 Å². The Kier molecular flexibility index (Phi) is 16.3. The summed E-state index contributed by atoms with van der Waals surface area (Å²) in [5.41, 5.74) is 5.43. The van der Waals surface area contributed by atoms with Crippen molar-refractivity contribution < 1.29 is 33.3 Å². The molecule has 0 bridgehead atoms. The Hall–Kier alpha value is -3.22. The van der Waals surface area contributed by atoms with Gasteiger partial charge in [0.2, 0.25) is 5.95 Å². The number of unbranched alkanes of at least 4 members (excludes halogenated alkanes) is 10. The first-order chi connectivity index (χ1) is 19.5. The van der Waals surface area contributed by atoms with Crippen LogP contribution in [0.2, 0.25) is 0 Å². The molecule has 1 aliphatic rings. The summed E-state index contributed by atoms with van der Waals surface area (Å²) < 4.78 is 26.6. The van der Waals surface area contributed by atoms with Crippen LogP contribution >= 0.6 is 0 Å². The second-order valence-electron chi connectivity index (χ2n) is 9.68. The van der Waals surface area contributed by atoms with Gasteiger partial charge in [0, 0.05) is 6.42 Å². The summed E-state index contributed by atoms with van der Waals surface area (Å²) in [7, 11) is 0. The molecule has 1 aromatic rings.